The Hall–Kier alpha value is -3.62. The first-order chi connectivity index (χ1) is 41.5. The van der Waals surface area contributed by atoms with Gasteiger partial charge in [0.25, 0.3) is 0 Å². The van der Waals surface area contributed by atoms with Crippen LogP contribution in [-0.2, 0) is 12.8 Å². The Kier molecular flexibility index (Phi) is 47.6. The fraction of sp³-hybridized carbons (Fsp3) is 0.732. The smallest absolute Gasteiger partial charge is 0.215 e. The molecule has 0 spiro atoms. The molecule has 2 atom stereocenters. The highest BCUT2D eigenvalue weighted by molar-refractivity contribution is 5.85. The molecule has 3 rings (SSSR count). The number of hydrogen-bond donors (Lipinski definition) is 0. The first-order valence-corrected chi connectivity index (χ1v) is 37.2. The second-order valence-corrected chi connectivity index (χ2v) is 26.2. The van der Waals surface area contributed by atoms with Crippen LogP contribution in [0.5, 0.6) is 0 Å². The number of allylic oxidation sites excluding steroid dienone is 4. The largest absolute Gasteiger partial charge is 0.493 e. The summed E-state index contributed by atoms with van der Waals surface area (Å²) in [4.78, 5) is 0. The lowest BCUT2D eigenvalue weighted by Gasteiger charge is -2.18. The van der Waals surface area contributed by atoms with E-state index in [1.807, 2.05) is 0 Å². The van der Waals surface area contributed by atoms with E-state index in [-0.39, 0.29) is 0 Å². The molecule has 0 amide bonds. The van der Waals surface area contributed by atoms with Gasteiger partial charge in [0.05, 0.1) is 5.57 Å². The van der Waals surface area contributed by atoms with E-state index in [1.165, 1.54) is 290 Å². The quantitative estimate of drug-likeness (QED) is 0.0358. The summed E-state index contributed by atoms with van der Waals surface area (Å²) in [7, 11) is 0. The standard InChI is InChI=1S/C82H134N2/c1-7-13-19-22-25-28-30-32-34-36-38-40-42-44-47-52-61-73(59-50-16-10-4)69-71-75-63-55-57-66-77(75)81-79(65-18-12-6)80(68-54-49-46-27-24-21-15-9-3)82(84(81)83)78-67-58-56-64-76(78)72-70-74(60-51-17-11-5)62-53-48-45-43-41-39-37-35-33-31-29-26-23-20-14-8-2/h54-58,63-64,66-68,73-74H,7-46,49-51,59-62,65,69-72H2,1-6H3. The van der Waals surface area contributed by atoms with Crippen molar-refractivity contribution < 1.29 is 4.70 Å². The van der Waals surface area contributed by atoms with E-state index in [0.29, 0.717) is 11.8 Å². The van der Waals surface area contributed by atoms with Crippen LogP contribution in [0.25, 0.3) is 16.9 Å². The number of aryl methyl sites for hydroxylation is 2. The van der Waals surface area contributed by atoms with Crippen molar-refractivity contribution in [3.63, 3.8) is 0 Å². The van der Waals surface area contributed by atoms with E-state index in [4.69, 9.17) is 0 Å². The minimum atomic E-state index is 0.588. The van der Waals surface area contributed by atoms with Crippen molar-refractivity contribution in [1.82, 2.24) is 0 Å². The molecule has 2 nitrogen and oxygen atoms in total. The Morgan fingerprint density at radius 1 is 0.357 bits per heavy atom. The van der Waals surface area contributed by atoms with Crippen LogP contribution in [0.3, 0.4) is 0 Å². The summed E-state index contributed by atoms with van der Waals surface area (Å²) in [6.45, 7) is 13.9. The van der Waals surface area contributed by atoms with Gasteiger partial charge in [-0.25, -0.2) is 4.70 Å². The lowest BCUT2D eigenvalue weighted by atomic mass is 9.88. The van der Waals surface area contributed by atoms with Gasteiger partial charge in [-0.15, -0.1) is 23.7 Å². The third-order valence-electron chi connectivity index (χ3n) is 18.5. The molecule has 0 radical (unpaired) electrons. The SMILES string of the molecule is CCCCCCCCC=CC1=C(c2ccccc2CCC(CC#CCCCCCCCCCCCCCCC)CCCCC)[N+](=[N-])C(c2ccccc2CCC(CC#CCCCCCCCCCCCCCCC)CCCCC)=C1CCCC. The van der Waals surface area contributed by atoms with Crippen LogP contribution >= 0.6 is 0 Å². The molecule has 1 heterocycles. The fourth-order valence-corrected chi connectivity index (χ4v) is 13.0. The van der Waals surface area contributed by atoms with Gasteiger partial charge in [-0.05, 0) is 112 Å². The highest BCUT2D eigenvalue weighted by Crippen LogP contribution is 2.45. The molecule has 0 aromatic heterocycles. The van der Waals surface area contributed by atoms with Gasteiger partial charge < -0.3 is 5.53 Å². The highest BCUT2D eigenvalue weighted by Gasteiger charge is 2.36. The minimum absolute atomic E-state index is 0.588. The molecule has 0 bridgehead atoms. The van der Waals surface area contributed by atoms with E-state index >= 15 is 0 Å². The lowest BCUT2D eigenvalue weighted by molar-refractivity contribution is -0.345. The summed E-state index contributed by atoms with van der Waals surface area (Å²) in [6, 6.07) is 18.2. The van der Waals surface area contributed by atoms with Crippen molar-refractivity contribution >= 4 is 11.4 Å². The first-order valence-electron chi connectivity index (χ1n) is 37.2. The van der Waals surface area contributed by atoms with Gasteiger partial charge in [0.1, 0.15) is 0 Å². The molecule has 1 aliphatic heterocycles. The van der Waals surface area contributed by atoms with Crippen molar-refractivity contribution in [2.45, 2.75) is 375 Å². The van der Waals surface area contributed by atoms with Crippen LogP contribution in [0.2, 0.25) is 0 Å². The van der Waals surface area contributed by atoms with Crippen molar-refractivity contribution in [2.75, 3.05) is 0 Å². The zero-order chi connectivity index (χ0) is 60.0. The summed E-state index contributed by atoms with van der Waals surface area (Å²) >= 11 is 0. The average Bonchev–Trinajstić information content (AvgIpc) is 2.04. The lowest BCUT2D eigenvalue weighted by Crippen LogP contribution is -2.09. The second kappa shape index (κ2) is 53.6. The molecular weight excluding hydrogens is 1010 g/mol. The minimum Gasteiger partial charge on any atom is -0.493 e. The zero-order valence-corrected chi connectivity index (χ0v) is 56.6. The molecule has 2 heteroatoms. The maximum atomic E-state index is 13.1. The van der Waals surface area contributed by atoms with E-state index in [2.05, 4.69) is 126 Å². The zero-order valence-electron chi connectivity index (χ0n) is 56.6. The van der Waals surface area contributed by atoms with E-state index < -0.39 is 0 Å². The van der Waals surface area contributed by atoms with E-state index in [1.54, 1.807) is 4.70 Å². The van der Waals surface area contributed by atoms with Crippen molar-refractivity contribution in [3.05, 3.63) is 99.6 Å². The van der Waals surface area contributed by atoms with E-state index in [9.17, 15) is 5.53 Å². The summed E-state index contributed by atoms with van der Waals surface area (Å²) in [5.74, 6) is 15.9. The summed E-state index contributed by atoms with van der Waals surface area (Å²) in [5.41, 5.74) is 22.7. The number of hydrogen-bond acceptors (Lipinski definition) is 0. The monoisotopic (exact) mass is 1150 g/mol. The van der Waals surface area contributed by atoms with Crippen LogP contribution in [0, 0.1) is 35.5 Å². The van der Waals surface area contributed by atoms with Gasteiger partial charge in [-0.3, -0.25) is 0 Å². The van der Waals surface area contributed by atoms with Crippen molar-refractivity contribution in [2.24, 2.45) is 11.8 Å². The van der Waals surface area contributed by atoms with Gasteiger partial charge in [0.2, 0.25) is 11.4 Å². The van der Waals surface area contributed by atoms with Crippen LogP contribution in [0.1, 0.15) is 385 Å². The van der Waals surface area contributed by atoms with Gasteiger partial charge in [-0.2, -0.15) is 0 Å². The summed E-state index contributed by atoms with van der Waals surface area (Å²) in [6.07, 6.45) is 71.6. The Morgan fingerprint density at radius 2 is 0.702 bits per heavy atom. The van der Waals surface area contributed by atoms with Gasteiger partial charge in [0, 0.05) is 42.4 Å². The van der Waals surface area contributed by atoms with Crippen molar-refractivity contribution in [3.8, 4) is 23.7 Å². The maximum absolute atomic E-state index is 13.1. The molecule has 472 valence electrons. The molecule has 2 aromatic rings. The van der Waals surface area contributed by atoms with Crippen LogP contribution in [0.4, 0.5) is 0 Å². The molecular formula is C82H134N2. The Labute approximate surface area is 523 Å². The molecule has 0 fully saturated rings. The number of nitrogens with zero attached hydrogens (tertiary/aromatic N) is 2. The maximum Gasteiger partial charge on any atom is 0.215 e. The average molecular weight is 1150 g/mol. The predicted octanol–water partition coefficient (Wildman–Crippen LogP) is 27.4. The molecule has 1 aliphatic rings. The van der Waals surface area contributed by atoms with Gasteiger partial charge >= 0.3 is 0 Å². The molecule has 84 heavy (non-hydrogen) atoms. The van der Waals surface area contributed by atoms with Gasteiger partial charge in [0.15, 0.2) is 0 Å². The van der Waals surface area contributed by atoms with Crippen LogP contribution < -0.4 is 0 Å². The molecule has 2 unspecified atom stereocenters. The highest BCUT2D eigenvalue weighted by atomic mass is 15.2. The number of benzene rings is 2. The third-order valence-corrected chi connectivity index (χ3v) is 18.5. The topological polar surface area (TPSA) is 25.3 Å². The van der Waals surface area contributed by atoms with Crippen LogP contribution in [0.15, 0.2) is 71.8 Å². The molecule has 0 aliphatic carbocycles. The molecule has 0 saturated heterocycles. The fourth-order valence-electron chi connectivity index (χ4n) is 13.0. The Balaban J connectivity index is 1.78. The third kappa shape index (κ3) is 34.7. The van der Waals surface area contributed by atoms with Crippen LogP contribution in [-0.4, -0.2) is 4.70 Å². The van der Waals surface area contributed by atoms with Crippen molar-refractivity contribution in [1.29, 1.82) is 0 Å². The number of rotatable bonds is 55. The number of unbranched alkanes of at least 4 members (excludes halogenated alkanes) is 37. The predicted molar refractivity (Wildman–Crippen MR) is 374 cm³/mol. The molecule has 0 N–H and O–H groups in total. The summed E-state index contributed by atoms with van der Waals surface area (Å²) in [5, 5.41) is 0. The Morgan fingerprint density at radius 3 is 1.11 bits per heavy atom. The molecule has 2 aromatic carbocycles. The normalized spacial score (nSPS) is 13.3. The Bertz CT molecular complexity index is 2140. The van der Waals surface area contributed by atoms with E-state index in [0.717, 1.165) is 88.4 Å². The summed E-state index contributed by atoms with van der Waals surface area (Å²) < 4.78 is 1.66. The second-order valence-electron chi connectivity index (χ2n) is 26.2. The first kappa shape index (κ1) is 74.6. The molecule has 0 saturated carbocycles. The van der Waals surface area contributed by atoms with Gasteiger partial charge in [-0.1, -0.05) is 321 Å².